The van der Waals surface area contributed by atoms with Crippen molar-refractivity contribution in [2.75, 3.05) is 19.0 Å². The molecule has 0 radical (unpaired) electrons. The van der Waals surface area contributed by atoms with Crippen molar-refractivity contribution >= 4 is 23.0 Å². The first-order valence-electron chi connectivity index (χ1n) is 6.72. The fourth-order valence-corrected chi connectivity index (χ4v) is 2.15. The molecule has 0 heterocycles. The number of hydrogen-bond donors (Lipinski definition) is 2. The molecule has 2 rings (SSSR count). The molecule has 0 saturated heterocycles. The first-order chi connectivity index (χ1) is 11.3. The van der Waals surface area contributed by atoms with Gasteiger partial charge in [-0.15, -0.1) is 0 Å². The summed E-state index contributed by atoms with van der Waals surface area (Å²) < 4.78 is 31.8. The second kappa shape index (κ2) is 7.41. The fourth-order valence-electron chi connectivity index (χ4n) is 2.04. The van der Waals surface area contributed by atoms with Crippen LogP contribution in [-0.4, -0.2) is 23.7 Å². The number of ether oxygens (including phenoxy) is 1. The Morgan fingerprint density at radius 2 is 2.04 bits per heavy atom. The number of aliphatic hydroxyl groups excluding tert-OH is 1. The van der Waals surface area contributed by atoms with Crippen LogP contribution in [0.4, 0.5) is 20.2 Å². The second-order valence-corrected chi connectivity index (χ2v) is 5.24. The number of nitrogens with zero attached hydrogens (tertiary/aromatic N) is 1. The SMILES string of the molecule is COc1cc(NCC(O)c2ccc(Cl)c(F)c2)c([N+](=O)[O-])cc1F. The lowest BCUT2D eigenvalue weighted by Crippen LogP contribution is -2.13. The van der Waals surface area contributed by atoms with Gasteiger partial charge in [0.05, 0.1) is 29.2 Å². The number of halogens is 3. The van der Waals surface area contributed by atoms with Crippen LogP contribution in [0.3, 0.4) is 0 Å². The van der Waals surface area contributed by atoms with Gasteiger partial charge in [0.2, 0.25) is 0 Å². The first-order valence-corrected chi connectivity index (χ1v) is 7.10. The van der Waals surface area contributed by atoms with E-state index in [0.29, 0.717) is 0 Å². The van der Waals surface area contributed by atoms with Crippen molar-refractivity contribution in [1.82, 2.24) is 0 Å². The predicted octanol–water partition coefficient (Wildman–Crippen LogP) is 3.68. The van der Waals surface area contributed by atoms with E-state index in [4.69, 9.17) is 16.3 Å². The maximum Gasteiger partial charge on any atom is 0.295 e. The number of benzene rings is 2. The second-order valence-electron chi connectivity index (χ2n) is 4.83. The standard InChI is InChI=1S/C15H13ClF2N2O4/c1-24-15-6-12(13(20(22)23)5-11(15)18)19-7-14(21)8-2-3-9(16)10(17)4-8/h2-6,14,19,21H,7H2,1H3. The van der Waals surface area contributed by atoms with E-state index in [0.717, 1.165) is 18.2 Å². The van der Waals surface area contributed by atoms with Crippen LogP contribution >= 0.6 is 11.6 Å². The van der Waals surface area contributed by atoms with Crippen LogP contribution in [0.1, 0.15) is 11.7 Å². The minimum absolute atomic E-state index is 0.0354. The van der Waals surface area contributed by atoms with Crippen LogP contribution in [0.25, 0.3) is 0 Å². The summed E-state index contributed by atoms with van der Waals surface area (Å²) in [5.41, 5.74) is -0.310. The minimum Gasteiger partial charge on any atom is -0.494 e. The third kappa shape index (κ3) is 3.90. The molecular weight excluding hydrogens is 346 g/mol. The summed E-state index contributed by atoms with van der Waals surface area (Å²) >= 11 is 5.57. The smallest absolute Gasteiger partial charge is 0.295 e. The Kier molecular flexibility index (Phi) is 5.53. The normalized spacial score (nSPS) is 11.9. The lowest BCUT2D eigenvalue weighted by molar-refractivity contribution is -0.384. The van der Waals surface area contributed by atoms with E-state index in [1.807, 2.05) is 0 Å². The molecule has 2 N–H and O–H groups in total. The molecule has 0 aliphatic heterocycles. The molecule has 0 aliphatic carbocycles. The molecule has 9 heteroatoms. The Morgan fingerprint density at radius 1 is 1.33 bits per heavy atom. The number of aliphatic hydroxyl groups is 1. The highest BCUT2D eigenvalue weighted by Crippen LogP contribution is 2.32. The van der Waals surface area contributed by atoms with Gasteiger partial charge < -0.3 is 15.2 Å². The van der Waals surface area contributed by atoms with E-state index < -0.39 is 28.3 Å². The van der Waals surface area contributed by atoms with Gasteiger partial charge in [-0.25, -0.2) is 8.78 Å². The Morgan fingerprint density at radius 3 is 2.62 bits per heavy atom. The van der Waals surface area contributed by atoms with Crippen molar-refractivity contribution < 1.29 is 23.5 Å². The summed E-state index contributed by atoms with van der Waals surface area (Å²) in [5.74, 6) is -1.76. The maximum atomic E-state index is 13.6. The Labute approximate surface area is 140 Å². The monoisotopic (exact) mass is 358 g/mol. The van der Waals surface area contributed by atoms with E-state index >= 15 is 0 Å². The number of nitrogens with one attached hydrogen (secondary N) is 1. The molecule has 0 aromatic heterocycles. The summed E-state index contributed by atoms with van der Waals surface area (Å²) in [7, 11) is 1.22. The van der Waals surface area contributed by atoms with Crippen molar-refractivity contribution in [3.63, 3.8) is 0 Å². The van der Waals surface area contributed by atoms with Crippen LogP contribution in [0, 0.1) is 21.7 Å². The zero-order valence-electron chi connectivity index (χ0n) is 12.4. The molecule has 0 spiro atoms. The summed E-state index contributed by atoms with van der Waals surface area (Å²) in [6, 6.07) is 5.61. The third-order valence-electron chi connectivity index (χ3n) is 3.28. The van der Waals surface area contributed by atoms with Crippen molar-refractivity contribution in [3.05, 3.63) is 62.7 Å². The molecule has 1 unspecified atom stereocenters. The lowest BCUT2D eigenvalue weighted by Gasteiger charge is -2.14. The summed E-state index contributed by atoms with van der Waals surface area (Å²) in [5, 5.41) is 23.6. The lowest BCUT2D eigenvalue weighted by atomic mass is 10.1. The molecule has 2 aromatic rings. The van der Waals surface area contributed by atoms with Crippen LogP contribution in [-0.2, 0) is 0 Å². The van der Waals surface area contributed by atoms with Gasteiger partial charge >= 0.3 is 0 Å². The highest BCUT2D eigenvalue weighted by Gasteiger charge is 2.20. The largest absolute Gasteiger partial charge is 0.494 e. The molecule has 0 amide bonds. The molecular formula is C15H13ClF2N2O4. The van der Waals surface area contributed by atoms with Crippen LogP contribution in [0.2, 0.25) is 5.02 Å². The molecule has 6 nitrogen and oxygen atoms in total. The molecule has 0 bridgehead atoms. The molecule has 2 aromatic carbocycles. The van der Waals surface area contributed by atoms with E-state index in [-0.39, 0.29) is 28.6 Å². The van der Waals surface area contributed by atoms with Crippen molar-refractivity contribution in [1.29, 1.82) is 0 Å². The number of nitro groups is 1. The van der Waals surface area contributed by atoms with Crippen LogP contribution in [0.5, 0.6) is 5.75 Å². The Bertz CT molecular complexity index is 773. The van der Waals surface area contributed by atoms with E-state index in [1.165, 1.54) is 19.2 Å². The van der Waals surface area contributed by atoms with Gasteiger partial charge in [0.25, 0.3) is 5.69 Å². The third-order valence-corrected chi connectivity index (χ3v) is 3.59. The summed E-state index contributed by atoms with van der Waals surface area (Å²) in [6.45, 7) is -0.170. The summed E-state index contributed by atoms with van der Waals surface area (Å²) in [6.07, 6.45) is -1.16. The molecule has 0 saturated carbocycles. The van der Waals surface area contributed by atoms with Crippen LogP contribution < -0.4 is 10.1 Å². The number of nitro benzene ring substituents is 1. The Hall–Kier alpha value is -2.45. The molecule has 24 heavy (non-hydrogen) atoms. The minimum atomic E-state index is -1.16. The highest BCUT2D eigenvalue weighted by molar-refractivity contribution is 6.30. The Balaban J connectivity index is 2.21. The average Bonchev–Trinajstić information content (AvgIpc) is 2.55. The van der Waals surface area contributed by atoms with Crippen LogP contribution in [0.15, 0.2) is 30.3 Å². The van der Waals surface area contributed by atoms with Crippen molar-refractivity contribution in [2.24, 2.45) is 0 Å². The van der Waals surface area contributed by atoms with E-state index in [2.05, 4.69) is 5.32 Å². The van der Waals surface area contributed by atoms with Crippen molar-refractivity contribution in [2.45, 2.75) is 6.10 Å². The van der Waals surface area contributed by atoms with Crippen molar-refractivity contribution in [3.8, 4) is 5.75 Å². The molecule has 0 fully saturated rings. The number of rotatable bonds is 6. The fraction of sp³-hybridized carbons (Fsp3) is 0.200. The van der Waals surface area contributed by atoms with E-state index in [1.54, 1.807) is 0 Å². The summed E-state index contributed by atoms with van der Waals surface area (Å²) in [4.78, 5) is 10.2. The highest BCUT2D eigenvalue weighted by atomic mass is 35.5. The van der Waals surface area contributed by atoms with Gasteiger partial charge in [-0.2, -0.15) is 0 Å². The number of anilines is 1. The molecule has 1 atom stereocenters. The zero-order valence-corrected chi connectivity index (χ0v) is 13.2. The topological polar surface area (TPSA) is 84.6 Å². The molecule has 0 aliphatic rings. The van der Waals surface area contributed by atoms with E-state index in [9.17, 15) is 24.0 Å². The van der Waals surface area contributed by atoms with Gasteiger partial charge in [-0.1, -0.05) is 17.7 Å². The number of methoxy groups -OCH3 is 1. The van der Waals surface area contributed by atoms with Gasteiger partial charge in [-0.3, -0.25) is 10.1 Å². The predicted molar refractivity (Wildman–Crippen MR) is 84.5 cm³/mol. The molecule has 128 valence electrons. The quantitative estimate of drug-likeness (QED) is 0.608. The van der Waals surface area contributed by atoms with Gasteiger partial charge in [0.1, 0.15) is 11.5 Å². The van der Waals surface area contributed by atoms with Gasteiger partial charge in [0, 0.05) is 12.6 Å². The van der Waals surface area contributed by atoms with Gasteiger partial charge in [0.15, 0.2) is 11.6 Å². The first kappa shape index (κ1) is 17.9. The number of hydrogen-bond acceptors (Lipinski definition) is 5. The average molecular weight is 359 g/mol. The maximum absolute atomic E-state index is 13.6. The zero-order chi connectivity index (χ0) is 17.9. The van der Waals surface area contributed by atoms with Gasteiger partial charge in [-0.05, 0) is 17.7 Å².